The fourth-order valence-electron chi connectivity index (χ4n) is 4.29. The van der Waals surface area contributed by atoms with Gasteiger partial charge in [0, 0.05) is 35.3 Å². The molecule has 0 saturated carbocycles. The summed E-state index contributed by atoms with van der Waals surface area (Å²) < 4.78 is 13.2. The summed E-state index contributed by atoms with van der Waals surface area (Å²) in [6.45, 7) is 5.77. The Labute approximate surface area is 220 Å². The Morgan fingerprint density at radius 1 is 1.08 bits per heavy atom. The van der Waals surface area contributed by atoms with Gasteiger partial charge in [0.1, 0.15) is 23.5 Å². The standard InChI is InChI=1S/C29H29N3O4S/c1-29(2,3)36-28(34)32-16-22(26(33)23-18-37-27(31-23)20-11-8-14-30-15-20)21-12-7-13-24(25(21)32)35-17-19-9-5-4-6-10-19/h4-16,23,27,31H,17-18H2,1-3H3. The fourth-order valence-corrected chi connectivity index (χ4v) is 5.51. The highest BCUT2D eigenvalue weighted by molar-refractivity contribution is 7.99. The van der Waals surface area contributed by atoms with E-state index >= 15 is 0 Å². The SMILES string of the molecule is CC(C)(C)OC(=O)n1cc(C(=O)C2CSC(c3cccnc3)N2)c2cccc(OCc3ccccc3)c21. The van der Waals surface area contributed by atoms with Crippen molar-refractivity contribution in [1.82, 2.24) is 14.9 Å². The zero-order valence-electron chi connectivity index (χ0n) is 21.0. The lowest BCUT2D eigenvalue weighted by Gasteiger charge is -2.20. The van der Waals surface area contributed by atoms with Crippen LogP contribution in [0, 0.1) is 0 Å². The van der Waals surface area contributed by atoms with E-state index in [0.717, 1.165) is 11.1 Å². The molecule has 2 aromatic carbocycles. The largest absolute Gasteiger partial charge is 0.487 e. The van der Waals surface area contributed by atoms with Gasteiger partial charge in [-0.15, -0.1) is 11.8 Å². The Morgan fingerprint density at radius 3 is 2.62 bits per heavy atom. The molecule has 5 rings (SSSR count). The molecule has 2 unspecified atom stereocenters. The first kappa shape index (κ1) is 25.0. The van der Waals surface area contributed by atoms with Crippen LogP contribution in [0.4, 0.5) is 4.79 Å². The maximum absolute atomic E-state index is 13.8. The molecule has 1 fully saturated rings. The van der Waals surface area contributed by atoms with E-state index in [2.05, 4.69) is 10.3 Å². The molecule has 1 saturated heterocycles. The number of nitrogens with zero attached hydrogens (tertiary/aromatic N) is 2. The second kappa shape index (κ2) is 10.4. The van der Waals surface area contributed by atoms with Crippen LogP contribution in [0.5, 0.6) is 5.75 Å². The van der Waals surface area contributed by atoms with Gasteiger partial charge in [-0.25, -0.2) is 9.36 Å². The predicted octanol–water partition coefficient (Wildman–Crippen LogP) is 5.99. The van der Waals surface area contributed by atoms with Gasteiger partial charge in [-0.3, -0.25) is 15.1 Å². The van der Waals surface area contributed by atoms with E-state index < -0.39 is 17.7 Å². The Morgan fingerprint density at radius 2 is 1.89 bits per heavy atom. The van der Waals surface area contributed by atoms with E-state index in [1.807, 2.05) is 87.6 Å². The van der Waals surface area contributed by atoms with Crippen LogP contribution in [0.2, 0.25) is 0 Å². The molecule has 190 valence electrons. The van der Waals surface area contributed by atoms with Gasteiger partial charge in [0.2, 0.25) is 0 Å². The fraction of sp³-hybridized carbons (Fsp3) is 0.276. The second-order valence-electron chi connectivity index (χ2n) is 9.90. The number of pyridine rings is 1. The van der Waals surface area contributed by atoms with Gasteiger partial charge in [-0.1, -0.05) is 48.5 Å². The minimum absolute atomic E-state index is 0.0216. The van der Waals surface area contributed by atoms with E-state index in [1.54, 1.807) is 24.2 Å². The molecule has 1 aliphatic rings. The van der Waals surface area contributed by atoms with Gasteiger partial charge in [0.15, 0.2) is 5.78 Å². The van der Waals surface area contributed by atoms with Crippen LogP contribution in [-0.4, -0.2) is 38.8 Å². The molecule has 2 atom stereocenters. The minimum atomic E-state index is -0.696. The highest BCUT2D eigenvalue weighted by Crippen LogP contribution is 2.36. The monoisotopic (exact) mass is 515 g/mol. The van der Waals surface area contributed by atoms with Gasteiger partial charge in [-0.05, 0) is 44.0 Å². The molecule has 7 nitrogen and oxygen atoms in total. The number of hydrogen-bond donors (Lipinski definition) is 1. The van der Waals surface area contributed by atoms with Crippen molar-refractivity contribution < 1.29 is 19.1 Å². The number of nitrogens with one attached hydrogen (secondary N) is 1. The number of hydrogen-bond acceptors (Lipinski definition) is 7. The maximum atomic E-state index is 13.8. The number of para-hydroxylation sites is 1. The van der Waals surface area contributed by atoms with E-state index in [-0.39, 0.29) is 11.2 Å². The van der Waals surface area contributed by atoms with Gasteiger partial charge >= 0.3 is 6.09 Å². The Kier molecular flexibility index (Phi) is 7.04. The van der Waals surface area contributed by atoms with Crippen molar-refractivity contribution in [2.45, 2.75) is 44.4 Å². The minimum Gasteiger partial charge on any atom is -0.487 e. The van der Waals surface area contributed by atoms with Crippen LogP contribution in [0.15, 0.2) is 79.3 Å². The second-order valence-corrected chi connectivity index (χ2v) is 11.0. The summed E-state index contributed by atoms with van der Waals surface area (Å²) in [4.78, 5) is 31.2. The van der Waals surface area contributed by atoms with Gasteiger partial charge in [0.05, 0.1) is 11.4 Å². The number of fused-ring (bicyclic) bond motifs is 1. The summed E-state index contributed by atoms with van der Waals surface area (Å²) in [5.41, 5.74) is 2.30. The zero-order valence-corrected chi connectivity index (χ0v) is 21.8. The summed E-state index contributed by atoms with van der Waals surface area (Å²) >= 11 is 1.67. The first-order chi connectivity index (χ1) is 17.8. The Bertz CT molecular complexity index is 1410. The molecule has 4 aromatic rings. The molecule has 0 amide bonds. The van der Waals surface area contributed by atoms with Crippen LogP contribution in [0.25, 0.3) is 10.9 Å². The van der Waals surface area contributed by atoms with Crippen molar-refractivity contribution in [3.8, 4) is 5.75 Å². The third-order valence-electron chi connectivity index (χ3n) is 5.97. The lowest BCUT2D eigenvalue weighted by molar-refractivity contribution is 0.0543. The number of carbonyl (C=O) groups excluding carboxylic acids is 2. The normalized spacial score (nSPS) is 17.6. The first-order valence-corrected chi connectivity index (χ1v) is 13.2. The summed E-state index contributed by atoms with van der Waals surface area (Å²) in [7, 11) is 0. The van der Waals surface area contributed by atoms with Crippen LogP contribution in [0.1, 0.15) is 47.6 Å². The number of Topliss-reactive ketones (excluding diaryl/α,β-unsaturated/α-hetero) is 1. The van der Waals surface area contributed by atoms with E-state index in [9.17, 15) is 9.59 Å². The molecule has 1 N–H and O–H groups in total. The average molecular weight is 516 g/mol. The Balaban J connectivity index is 1.49. The molecule has 0 radical (unpaired) electrons. The summed E-state index contributed by atoms with van der Waals surface area (Å²) in [6.07, 6.45) is 4.56. The average Bonchev–Trinajstić information content (AvgIpc) is 3.53. The topological polar surface area (TPSA) is 82.5 Å². The molecule has 2 aromatic heterocycles. The predicted molar refractivity (Wildman–Crippen MR) is 145 cm³/mol. The van der Waals surface area contributed by atoms with Crippen LogP contribution >= 0.6 is 11.8 Å². The first-order valence-electron chi connectivity index (χ1n) is 12.2. The Hall–Kier alpha value is -3.62. The molecule has 3 heterocycles. The van der Waals surface area contributed by atoms with Crippen LogP contribution < -0.4 is 10.1 Å². The van der Waals surface area contributed by atoms with Crippen LogP contribution in [0.3, 0.4) is 0 Å². The van der Waals surface area contributed by atoms with Crippen molar-refractivity contribution in [3.05, 3.63) is 95.9 Å². The molecule has 0 spiro atoms. The lowest BCUT2D eigenvalue weighted by atomic mass is 10.0. The number of thioether (sulfide) groups is 1. The molecular weight excluding hydrogens is 486 g/mol. The number of ketones is 1. The smallest absolute Gasteiger partial charge is 0.419 e. The van der Waals surface area contributed by atoms with Crippen molar-refractivity contribution in [3.63, 3.8) is 0 Å². The molecule has 0 bridgehead atoms. The highest BCUT2D eigenvalue weighted by Gasteiger charge is 2.34. The lowest BCUT2D eigenvalue weighted by Crippen LogP contribution is -2.34. The van der Waals surface area contributed by atoms with Crippen LogP contribution in [-0.2, 0) is 11.3 Å². The summed E-state index contributed by atoms with van der Waals surface area (Å²) in [5.74, 6) is 1.04. The quantitative estimate of drug-likeness (QED) is 0.316. The highest BCUT2D eigenvalue weighted by atomic mass is 32.2. The van der Waals surface area contributed by atoms with E-state index in [1.165, 1.54) is 4.57 Å². The van der Waals surface area contributed by atoms with Crippen molar-refractivity contribution >= 4 is 34.5 Å². The summed E-state index contributed by atoms with van der Waals surface area (Å²) in [5, 5.41) is 4.05. The summed E-state index contributed by atoms with van der Waals surface area (Å²) in [6, 6.07) is 18.8. The maximum Gasteiger partial charge on any atom is 0.419 e. The molecule has 1 aliphatic heterocycles. The number of benzene rings is 2. The molecular formula is C29H29N3O4S. The van der Waals surface area contributed by atoms with Crippen molar-refractivity contribution in [1.29, 1.82) is 0 Å². The van der Waals surface area contributed by atoms with E-state index in [4.69, 9.17) is 9.47 Å². The third kappa shape index (κ3) is 5.55. The third-order valence-corrected chi connectivity index (χ3v) is 7.23. The van der Waals surface area contributed by atoms with Gasteiger partial charge in [0.25, 0.3) is 0 Å². The number of ether oxygens (including phenoxy) is 2. The van der Waals surface area contributed by atoms with Crippen molar-refractivity contribution in [2.24, 2.45) is 0 Å². The molecule has 37 heavy (non-hydrogen) atoms. The number of rotatable bonds is 6. The van der Waals surface area contributed by atoms with E-state index in [0.29, 0.717) is 34.6 Å². The molecule has 0 aliphatic carbocycles. The van der Waals surface area contributed by atoms with Gasteiger partial charge in [-0.2, -0.15) is 0 Å². The van der Waals surface area contributed by atoms with Crippen molar-refractivity contribution in [2.75, 3.05) is 5.75 Å². The molecule has 8 heteroatoms. The number of carbonyl (C=O) groups is 2. The van der Waals surface area contributed by atoms with Gasteiger partial charge < -0.3 is 9.47 Å². The zero-order chi connectivity index (χ0) is 26.0. The number of aromatic nitrogens is 2.